The van der Waals surface area contributed by atoms with E-state index in [1.54, 1.807) is 18.2 Å². The van der Waals surface area contributed by atoms with Crippen LogP contribution < -0.4 is 11.1 Å². The SMILES string of the molecule is C/C=C/c1cc(-c2ncnc(NCc3ccc4cc(C#N)ccc4c3)c2F)ccc1N. The van der Waals surface area contributed by atoms with Gasteiger partial charge in [-0.1, -0.05) is 36.4 Å². The minimum atomic E-state index is -0.516. The van der Waals surface area contributed by atoms with Crippen LogP contribution in [0.15, 0.2) is 67.0 Å². The number of nitriles is 1. The van der Waals surface area contributed by atoms with Crippen molar-refractivity contribution in [2.45, 2.75) is 13.5 Å². The van der Waals surface area contributed by atoms with E-state index in [-0.39, 0.29) is 11.5 Å². The van der Waals surface area contributed by atoms with E-state index in [1.165, 1.54) is 6.33 Å². The van der Waals surface area contributed by atoms with Crippen LogP contribution in [-0.4, -0.2) is 9.97 Å². The average Bonchev–Trinajstić information content (AvgIpc) is 2.79. The van der Waals surface area contributed by atoms with Gasteiger partial charge in [0.1, 0.15) is 12.0 Å². The summed E-state index contributed by atoms with van der Waals surface area (Å²) in [4.78, 5) is 8.20. The second kappa shape index (κ2) is 8.64. The standard InChI is InChI=1S/C25H20FN5/c1-2-3-20-12-21(8-9-22(20)28)24-23(26)25(31-15-30-24)29-14-17-5-7-18-10-16(13-27)4-6-19(18)11-17/h2-12,15H,14,28H2,1H3,(H,29,30,31)/b3-2+. The van der Waals surface area contributed by atoms with Gasteiger partial charge in [0.25, 0.3) is 0 Å². The summed E-state index contributed by atoms with van der Waals surface area (Å²) in [6.07, 6.45) is 5.09. The lowest BCUT2D eigenvalue weighted by Gasteiger charge is -2.11. The molecule has 152 valence electrons. The summed E-state index contributed by atoms with van der Waals surface area (Å²) >= 11 is 0. The van der Waals surface area contributed by atoms with E-state index in [0.29, 0.717) is 23.4 Å². The number of aromatic nitrogens is 2. The van der Waals surface area contributed by atoms with E-state index in [0.717, 1.165) is 21.9 Å². The highest BCUT2D eigenvalue weighted by Gasteiger charge is 2.14. The van der Waals surface area contributed by atoms with Gasteiger partial charge < -0.3 is 11.1 Å². The van der Waals surface area contributed by atoms with Crippen LogP contribution in [0.4, 0.5) is 15.9 Å². The molecule has 0 bridgehead atoms. The summed E-state index contributed by atoms with van der Waals surface area (Å²) in [6, 6.07) is 18.9. The zero-order valence-electron chi connectivity index (χ0n) is 16.9. The van der Waals surface area contributed by atoms with Crippen molar-refractivity contribution in [2.75, 3.05) is 11.1 Å². The van der Waals surface area contributed by atoms with E-state index >= 15 is 4.39 Å². The molecular formula is C25H20FN5. The maximum absolute atomic E-state index is 15.1. The van der Waals surface area contributed by atoms with Gasteiger partial charge in [0.2, 0.25) is 0 Å². The summed E-state index contributed by atoms with van der Waals surface area (Å²) in [5.74, 6) is -0.382. The van der Waals surface area contributed by atoms with Gasteiger partial charge in [-0.05, 0) is 59.2 Å². The first kappa shape index (κ1) is 20.0. The molecule has 0 saturated heterocycles. The second-order valence-electron chi connectivity index (χ2n) is 7.09. The van der Waals surface area contributed by atoms with E-state index in [4.69, 9.17) is 11.0 Å². The van der Waals surface area contributed by atoms with Crippen LogP contribution in [0.2, 0.25) is 0 Å². The van der Waals surface area contributed by atoms with Crippen molar-refractivity contribution in [1.82, 2.24) is 9.97 Å². The van der Waals surface area contributed by atoms with Crippen molar-refractivity contribution in [2.24, 2.45) is 0 Å². The van der Waals surface area contributed by atoms with Gasteiger partial charge in [-0.2, -0.15) is 5.26 Å². The fourth-order valence-electron chi connectivity index (χ4n) is 3.40. The topological polar surface area (TPSA) is 87.6 Å². The first-order valence-corrected chi connectivity index (χ1v) is 9.79. The minimum Gasteiger partial charge on any atom is -0.398 e. The zero-order chi connectivity index (χ0) is 21.8. The minimum absolute atomic E-state index is 0.134. The molecule has 3 N–H and O–H groups in total. The van der Waals surface area contributed by atoms with Gasteiger partial charge in [-0.3, -0.25) is 0 Å². The molecule has 0 aliphatic heterocycles. The molecule has 0 unspecified atom stereocenters. The molecule has 3 aromatic carbocycles. The highest BCUT2D eigenvalue weighted by Crippen LogP contribution is 2.28. The van der Waals surface area contributed by atoms with Crippen LogP contribution in [-0.2, 0) is 6.54 Å². The number of halogens is 1. The van der Waals surface area contributed by atoms with Crippen LogP contribution in [0.1, 0.15) is 23.6 Å². The number of hydrogen-bond donors (Lipinski definition) is 2. The zero-order valence-corrected chi connectivity index (χ0v) is 16.9. The average molecular weight is 409 g/mol. The summed E-state index contributed by atoms with van der Waals surface area (Å²) in [5, 5.41) is 14.1. The number of allylic oxidation sites excluding steroid dienone is 1. The number of hydrogen-bond acceptors (Lipinski definition) is 5. The number of nitrogen functional groups attached to an aromatic ring is 1. The van der Waals surface area contributed by atoms with Gasteiger partial charge in [0, 0.05) is 17.8 Å². The lowest BCUT2D eigenvalue weighted by atomic mass is 10.0. The lowest BCUT2D eigenvalue weighted by molar-refractivity contribution is 0.621. The normalized spacial score (nSPS) is 11.0. The maximum atomic E-state index is 15.1. The molecule has 0 spiro atoms. The molecule has 4 aromatic rings. The molecule has 0 fully saturated rings. The molecular weight excluding hydrogens is 389 g/mol. The Morgan fingerprint density at radius 2 is 1.87 bits per heavy atom. The predicted octanol–water partition coefficient (Wildman–Crippen LogP) is 5.53. The van der Waals surface area contributed by atoms with Crippen LogP contribution >= 0.6 is 0 Å². The van der Waals surface area contributed by atoms with Gasteiger partial charge >= 0.3 is 0 Å². The fourth-order valence-corrected chi connectivity index (χ4v) is 3.40. The van der Waals surface area contributed by atoms with Crippen molar-refractivity contribution in [3.8, 4) is 17.3 Å². The molecule has 0 amide bonds. The molecule has 6 heteroatoms. The van der Waals surface area contributed by atoms with Crippen molar-refractivity contribution >= 4 is 28.4 Å². The highest BCUT2D eigenvalue weighted by atomic mass is 19.1. The highest BCUT2D eigenvalue weighted by molar-refractivity contribution is 5.84. The van der Waals surface area contributed by atoms with E-state index in [2.05, 4.69) is 21.4 Å². The van der Waals surface area contributed by atoms with Crippen molar-refractivity contribution in [3.63, 3.8) is 0 Å². The molecule has 5 nitrogen and oxygen atoms in total. The number of anilines is 2. The van der Waals surface area contributed by atoms with E-state index in [9.17, 15) is 0 Å². The molecule has 0 saturated carbocycles. The molecule has 31 heavy (non-hydrogen) atoms. The number of benzene rings is 3. The number of nitrogens with zero attached hydrogens (tertiary/aromatic N) is 3. The number of fused-ring (bicyclic) bond motifs is 1. The molecule has 0 radical (unpaired) electrons. The Labute approximate surface area is 179 Å². The Bertz CT molecular complexity index is 1340. The quantitative estimate of drug-likeness (QED) is 0.423. The summed E-state index contributed by atoms with van der Waals surface area (Å²) in [7, 11) is 0. The van der Waals surface area contributed by atoms with Gasteiger partial charge in [-0.15, -0.1) is 0 Å². The predicted molar refractivity (Wildman–Crippen MR) is 123 cm³/mol. The summed E-state index contributed by atoms with van der Waals surface area (Å²) in [6.45, 7) is 2.30. The summed E-state index contributed by atoms with van der Waals surface area (Å²) in [5.41, 5.74) is 9.84. The Balaban J connectivity index is 1.59. The molecule has 1 heterocycles. The Hall–Kier alpha value is -4.24. The third kappa shape index (κ3) is 4.21. The second-order valence-corrected chi connectivity index (χ2v) is 7.09. The molecule has 0 aliphatic rings. The molecule has 1 aromatic heterocycles. The smallest absolute Gasteiger partial charge is 0.191 e. The lowest BCUT2D eigenvalue weighted by Crippen LogP contribution is -2.06. The van der Waals surface area contributed by atoms with Crippen LogP contribution in [0.25, 0.3) is 28.1 Å². The van der Waals surface area contributed by atoms with Crippen LogP contribution in [0, 0.1) is 17.1 Å². The molecule has 4 rings (SSSR count). The summed E-state index contributed by atoms with van der Waals surface area (Å²) < 4.78 is 15.1. The van der Waals surface area contributed by atoms with Gasteiger partial charge in [0.05, 0.1) is 11.6 Å². The monoisotopic (exact) mass is 409 g/mol. The van der Waals surface area contributed by atoms with Gasteiger partial charge in [0.15, 0.2) is 11.6 Å². The largest absolute Gasteiger partial charge is 0.398 e. The Morgan fingerprint density at radius 3 is 2.68 bits per heavy atom. The molecule has 0 atom stereocenters. The van der Waals surface area contributed by atoms with Crippen LogP contribution in [0.5, 0.6) is 0 Å². The first-order chi connectivity index (χ1) is 15.1. The third-order valence-electron chi connectivity index (χ3n) is 4.99. The van der Waals surface area contributed by atoms with Crippen LogP contribution in [0.3, 0.4) is 0 Å². The first-order valence-electron chi connectivity index (χ1n) is 9.79. The van der Waals surface area contributed by atoms with Crippen molar-refractivity contribution in [3.05, 3.63) is 89.5 Å². The van der Waals surface area contributed by atoms with Crippen molar-refractivity contribution < 1.29 is 4.39 Å². The van der Waals surface area contributed by atoms with Crippen molar-refractivity contribution in [1.29, 1.82) is 5.26 Å². The number of nitrogens with two attached hydrogens (primary N) is 1. The Kier molecular flexibility index (Phi) is 5.59. The fraction of sp³-hybridized carbons (Fsp3) is 0.0800. The van der Waals surface area contributed by atoms with E-state index < -0.39 is 5.82 Å². The van der Waals surface area contributed by atoms with Gasteiger partial charge in [-0.25, -0.2) is 14.4 Å². The van der Waals surface area contributed by atoms with E-state index in [1.807, 2.05) is 55.5 Å². The number of rotatable bonds is 5. The molecule has 0 aliphatic carbocycles. The number of nitrogens with one attached hydrogen (secondary N) is 1. The maximum Gasteiger partial charge on any atom is 0.191 e. The third-order valence-corrected chi connectivity index (χ3v) is 4.99. The Morgan fingerprint density at radius 1 is 1.06 bits per heavy atom.